The number of benzene rings is 2. The Morgan fingerprint density at radius 1 is 0.944 bits per heavy atom. The number of rotatable bonds is 5. The van der Waals surface area contributed by atoms with Gasteiger partial charge in [0.2, 0.25) is 0 Å². The van der Waals surface area contributed by atoms with Crippen molar-refractivity contribution < 1.29 is 9.90 Å². The van der Waals surface area contributed by atoms with Gasteiger partial charge in [0.15, 0.2) is 5.78 Å². The largest absolute Gasteiger partial charge is 0.381 e. The summed E-state index contributed by atoms with van der Waals surface area (Å²) in [4.78, 5) is 11.9. The molecule has 0 spiro atoms. The number of aryl methyl sites for hydroxylation is 1. The molecular formula is C16H16O2. The molecule has 0 saturated heterocycles. The van der Waals surface area contributed by atoms with Crippen LogP contribution in [0.15, 0.2) is 60.7 Å². The minimum absolute atomic E-state index is 0.134. The van der Waals surface area contributed by atoms with Gasteiger partial charge in [0.1, 0.15) is 6.10 Å². The fraction of sp³-hybridized carbons (Fsp3) is 0.188. The molecule has 0 aromatic heterocycles. The zero-order chi connectivity index (χ0) is 12.8. The molecule has 2 aromatic rings. The van der Waals surface area contributed by atoms with Crippen molar-refractivity contribution in [3.63, 3.8) is 0 Å². The van der Waals surface area contributed by atoms with Crippen LogP contribution in [0.25, 0.3) is 0 Å². The summed E-state index contributed by atoms with van der Waals surface area (Å²) in [5.41, 5.74) is 1.78. The van der Waals surface area contributed by atoms with Crippen LogP contribution < -0.4 is 0 Å². The van der Waals surface area contributed by atoms with Gasteiger partial charge in [0.25, 0.3) is 0 Å². The van der Waals surface area contributed by atoms with E-state index in [2.05, 4.69) is 0 Å². The second-order valence-electron chi connectivity index (χ2n) is 4.27. The van der Waals surface area contributed by atoms with Crippen molar-refractivity contribution in [1.29, 1.82) is 0 Å². The highest BCUT2D eigenvalue weighted by atomic mass is 16.3. The quantitative estimate of drug-likeness (QED) is 0.872. The van der Waals surface area contributed by atoms with Crippen LogP contribution in [0, 0.1) is 0 Å². The highest BCUT2D eigenvalue weighted by molar-refractivity contribution is 5.84. The molecular weight excluding hydrogens is 224 g/mol. The van der Waals surface area contributed by atoms with Gasteiger partial charge in [-0.1, -0.05) is 60.7 Å². The van der Waals surface area contributed by atoms with Crippen molar-refractivity contribution in [2.75, 3.05) is 0 Å². The van der Waals surface area contributed by atoms with Crippen LogP contribution in [0.1, 0.15) is 23.7 Å². The summed E-state index contributed by atoms with van der Waals surface area (Å²) >= 11 is 0. The molecule has 2 aromatic carbocycles. The van der Waals surface area contributed by atoms with Gasteiger partial charge in [0, 0.05) is 6.42 Å². The molecule has 0 radical (unpaired) electrons. The van der Waals surface area contributed by atoms with E-state index in [0.29, 0.717) is 18.4 Å². The summed E-state index contributed by atoms with van der Waals surface area (Å²) in [5, 5.41) is 9.92. The van der Waals surface area contributed by atoms with Gasteiger partial charge in [0.05, 0.1) is 0 Å². The van der Waals surface area contributed by atoms with Crippen LogP contribution >= 0.6 is 0 Å². The summed E-state index contributed by atoms with van der Waals surface area (Å²) in [5.74, 6) is -0.134. The molecule has 1 unspecified atom stereocenters. The van der Waals surface area contributed by atoms with E-state index in [9.17, 15) is 9.90 Å². The highest BCUT2D eigenvalue weighted by Gasteiger charge is 2.16. The van der Waals surface area contributed by atoms with E-state index < -0.39 is 6.10 Å². The fourth-order valence-corrected chi connectivity index (χ4v) is 1.87. The molecule has 2 nitrogen and oxygen atoms in total. The monoisotopic (exact) mass is 240 g/mol. The zero-order valence-corrected chi connectivity index (χ0v) is 10.1. The number of ketones is 1. The van der Waals surface area contributed by atoms with Crippen LogP contribution in [-0.4, -0.2) is 10.9 Å². The van der Waals surface area contributed by atoms with Gasteiger partial charge in [-0.15, -0.1) is 0 Å². The number of carbonyl (C=O) groups excluding carboxylic acids is 1. The van der Waals surface area contributed by atoms with E-state index >= 15 is 0 Å². The summed E-state index contributed by atoms with van der Waals surface area (Å²) in [6, 6.07) is 18.9. The third kappa shape index (κ3) is 3.28. The molecule has 92 valence electrons. The molecule has 0 aliphatic carbocycles. The molecule has 2 heteroatoms. The first-order valence-corrected chi connectivity index (χ1v) is 6.07. The molecule has 0 aliphatic heterocycles. The van der Waals surface area contributed by atoms with E-state index in [1.807, 2.05) is 48.5 Å². The molecule has 1 atom stereocenters. The predicted octanol–water partition coefficient (Wildman–Crippen LogP) is 2.92. The normalized spacial score (nSPS) is 12.1. The van der Waals surface area contributed by atoms with Gasteiger partial charge >= 0.3 is 0 Å². The van der Waals surface area contributed by atoms with Gasteiger partial charge in [-0.05, 0) is 17.5 Å². The van der Waals surface area contributed by atoms with E-state index in [1.165, 1.54) is 0 Å². The molecule has 2 rings (SSSR count). The van der Waals surface area contributed by atoms with E-state index in [1.54, 1.807) is 12.1 Å². The SMILES string of the molecule is O=C(CCc1ccccc1)C(O)c1ccccc1. The lowest BCUT2D eigenvalue weighted by molar-refractivity contribution is -0.127. The average molecular weight is 240 g/mol. The predicted molar refractivity (Wildman–Crippen MR) is 71.2 cm³/mol. The Morgan fingerprint density at radius 3 is 2.11 bits per heavy atom. The van der Waals surface area contributed by atoms with E-state index in [-0.39, 0.29) is 5.78 Å². The Labute approximate surface area is 107 Å². The molecule has 0 amide bonds. The van der Waals surface area contributed by atoms with Crippen LogP contribution in [0.3, 0.4) is 0 Å². The van der Waals surface area contributed by atoms with Crippen molar-refractivity contribution >= 4 is 5.78 Å². The maximum absolute atomic E-state index is 11.9. The number of aliphatic hydroxyl groups is 1. The molecule has 18 heavy (non-hydrogen) atoms. The summed E-state index contributed by atoms with van der Waals surface area (Å²) in [6.07, 6.45) is 0.0267. The minimum Gasteiger partial charge on any atom is -0.381 e. The third-order valence-corrected chi connectivity index (χ3v) is 2.92. The molecule has 1 N–H and O–H groups in total. The van der Waals surface area contributed by atoms with Gasteiger partial charge in [-0.2, -0.15) is 0 Å². The maximum Gasteiger partial charge on any atom is 0.166 e. The lowest BCUT2D eigenvalue weighted by atomic mass is 10.0. The van der Waals surface area contributed by atoms with Crippen LogP contribution in [-0.2, 0) is 11.2 Å². The number of carbonyl (C=O) groups is 1. The lowest BCUT2D eigenvalue weighted by Crippen LogP contribution is -2.12. The Hall–Kier alpha value is -1.93. The Balaban J connectivity index is 1.93. The zero-order valence-electron chi connectivity index (χ0n) is 10.1. The van der Waals surface area contributed by atoms with Crippen molar-refractivity contribution in [2.45, 2.75) is 18.9 Å². The maximum atomic E-state index is 11.9. The highest BCUT2D eigenvalue weighted by Crippen LogP contribution is 2.16. The average Bonchev–Trinajstić information content (AvgIpc) is 2.46. The topological polar surface area (TPSA) is 37.3 Å². The van der Waals surface area contributed by atoms with Crippen molar-refractivity contribution in [1.82, 2.24) is 0 Å². The molecule has 0 bridgehead atoms. The number of Topliss-reactive ketones (excluding diaryl/α,β-unsaturated/α-hetero) is 1. The van der Waals surface area contributed by atoms with Crippen molar-refractivity contribution in [3.8, 4) is 0 Å². The smallest absolute Gasteiger partial charge is 0.166 e. The standard InChI is InChI=1S/C16H16O2/c17-15(12-11-13-7-3-1-4-8-13)16(18)14-9-5-2-6-10-14/h1-10,16,18H,11-12H2. The van der Waals surface area contributed by atoms with Gasteiger partial charge < -0.3 is 5.11 Å². The Kier molecular flexibility index (Phi) is 4.26. The number of hydrogen-bond donors (Lipinski definition) is 1. The fourth-order valence-electron chi connectivity index (χ4n) is 1.87. The first kappa shape index (κ1) is 12.5. The third-order valence-electron chi connectivity index (χ3n) is 2.92. The number of hydrogen-bond acceptors (Lipinski definition) is 2. The summed E-state index contributed by atoms with van der Waals surface area (Å²) in [7, 11) is 0. The first-order valence-electron chi connectivity index (χ1n) is 6.07. The number of aliphatic hydroxyl groups excluding tert-OH is 1. The van der Waals surface area contributed by atoms with E-state index in [0.717, 1.165) is 5.56 Å². The van der Waals surface area contributed by atoms with Crippen LogP contribution in [0.2, 0.25) is 0 Å². The van der Waals surface area contributed by atoms with Crippen molar-refractivity contribution in [3.05, 3.63) is 71.8 Å². The second-order valence-corrected chi connectivity index (χ2v) is 4.27. The van der Waals surface area contributed by atoms with Crippen LogP contribution in [0.4, 0.5) is 0 Å². The van der Waals surface area contributed by atoms with Gasteiger partial charge in [-0.3, -0.25) is 4.79 Å². The second kappa shape index (κ2) is 6.12. The Bertz CT molecular complexity index is 491. The van der Waals surface area contributed by atoms with Gasteiger partial charge in [-0.25, -0.2) is 0 Å². The molecule has 0 fully saturated rings. The summed E-state index contributed by atoms with van der Waals surface area (Å²) < 4.78 is 0. The molecule has 0 aliphatic rings. The van der Waals surface area contributed by atoms with Crippen LogP contribution in [0.5, 0.6) is 0 Å². The van der Waals surface area contributed by atoms with E-state index in [4.69, 9.17) is 0 Å². The molecule has 0 heterocycles. The lowest BCUT2D eigenvalue weighted by Gasteiger charge is -2.09. The molecule has 0 saturated carbocycles. The minimum atomic E-state index is -1.00. The Morgan fingerprint density at radius 2 is 1.50 bits per heavy atom. The first-order chi connectivity index (χ1) is 8.77. The summed E-state index contributed by atoms with van der Waals surface area (Å²) in [6.45, 7) is 0. The van der Waals surface area contributed by atoms with Crippen molar-refractivity contribution in [2.24, 2.45) is 0 Å².